The van der Waals surface area contributed by atoms with Crippen molar-refractivity contribution < 1.29 is 9.59 Å². The first-order chi connectivity index (χ1) is 18.5. The van der Waals surface area contributed by atoms with Crippen LogP contribution in [0.3, 0.4) is 0 Å². The highest BCUT2D eigenvalue weighted by Crippen LogP contribution is 2.44. The van der Waals surface area contributed by atoms with Crippen molar-refractivity contribution in [2.75, 3.05) is 19.4 Å². The van der Waals surface area contributed by atoms with Gasteiger partial charge in [-0.3, -0.25) is 14.6 Å². The van der Waals surface area contributed by atoms with E-state index in [0.717, 1.165) is 56.5 Å². The third-order valence-electron chi connectivity index (χ3n) is 6.37. The Balaban J connectivity index is 1.41. The normalized spacial score (nSPS) is 12.1. The molecule has 2 amide bonds. The highest BCUT2D eigenvalue weighted by atomic mass is 32.1. The lowest BCUT2D eigenvalue weighted by molar-refractivity contribution is -0.115. The van der Waals surface area contributed by atoms with Crippen molar-refractivity contribution in [3.05, 3.63) is 88.0 Å². The molecular formula is C28H24N6O2S2. The molecule has 0 fully saturated rings. The summed E-state index contributed by atoms with van der Waals surface area (Å²) in [7, 11) is 3.48. The monoisotopic (exact) mass is 540 g/mol. The van der Waals surface area contributed by atoms with Crippen LogP contribution in [0.2, 0.25) is 0 Å². The summed E-state index contributed by atoms with van der Waals surface area (Å²) >= 11 is 3.04. The molecule has 0 aliphatic heterocycles. The summed E-state index contributed by atoms with van der Waals surface area (Å²) in [6, 6.07) is 15.3. The number of anilines is 1. The van der Waals surface area contributed by atoms with Gasteiger partial charge in [0.25, 0.3) is 5.91 Å². The van der Waals surface area contributed by atoms with E-state index in [9.17, 15) is 9.59 Å². The topological polar surface area (TPSA) is 93.0 Å². The number of nitrogens with zero attached hydrogens (tertiary/aromatic N) is 5. The van der Waals surface area contributed by atoms with Crippen LogP contribution in [0.5, 0.6) is 0 Å². The van der Waals surface area contributed by atoms with E-state index in [2.05, 4.69) is 10.3 Å². The molecule has 10 heteroatoms. The summed E-state index contributed by atoms with van der Waals surface area (Å²) in [5.74, 6) is -0.132. The second-order valence-electron chi connectivity index (χ2n) is 9.17. The first-order valence-electron chi connectivity index (χ1n) is 12.1. The van der Waals surface area contributed by atoms with Gasteiger partial charge in [-0.2, -0.15) is 5.10 Å². The maximum absolute atomic E-state index is 12.7. The van der Waals surface area contributed by atoms with Gasteiger partial charge in [0.15, 0.2) is 5.13 Å². The zero-order chi connectivity index (χ0) is 26.2. The number of aryl methyl sites for hydroxylation is 1. The number of hydrogen-bond acceptors (Lipinski definition) is 7. The molecule has 6 rings (SSSR count). The Kier molecular flexibility index (Phi) is 6.34. The van der Waals surface area contributed by atoms with Crippen LogP contribution in [0, 0.1) is 0 Å². The number of rotatable bonds is 6. The Hall–Kier alpha value is -4.15. The third-order valence-corrected chi connectivity index (χ3v) is 8.27. The standard InChI is InChI=1S/C28H24N6O2S2/c1-33(2)27(36)17-7-9-19(10-8-17)34-25-21(24(32-34)18-5-3-13-29-16-18)11-12-22-26(25)38-28(30-22)31-23(35)15-20-6-4-14-37-20/h3-10,13-14,16H,11-12,15H2,1-2H3,(H,30,31,35). The number of pyridine rings is 1. The van der Waals surface area contributed by atoms with Crippen molar-refractivity contribution >= 4 is 39.6 Å². The fraction of sp³-hybridized carbons (Fsp3) is 0.179. The van der Waals surface area contributed by atoms with Crippen molar-refractivity contribution in [1.82, 2.24) is 24.6 Å². The maximum atomic E-state index is 12.7. The maximum Gasteiger partial charge on any atom is 0.253 e. The second-order valence-corrected chi connectivity index (χ2v) is 11.2. The minimum atomic E-state index is -0.0792. The molecule has 1 aliphatic carbocycles. The summed E-state index contributed by atoms with van der Waals surface area (Å²) < 4.78 is 1.93. The highest BCUT2D eigenvalue weighted by Gasteiger charge is 2.30. The van der Waals surface area contributed by atoms with Crippen LogP contribution >= 0.6 is 22.7 Å². The number of nitrogens with one attached hydrogen (secondary N) is 1. The van der Waals surface area contributed by atoms with E-state index in [-0.39, 0.29) is 11.8 Å². The Morgan fingerprint density at radius 1 is 1.08 bits per heavy atom. The number of carbonyl (C=O) groups is 2. The zero-order valence-electron chi connectivity index (χ0n) is 20.8. The summed E-state index contributed by atoms with van der Waals surface area (Å²) in [6.07, 6.45) is 5.43. The van der Waals surface area contributed by atoms with Crippen LogP contribution in [0.25, 0.3) is 27.5 Å². The predicted octanol–water partition coefficient (Wildman–Crippen LogP) is 5.10. The van der Waals surface area contributed by atoms with Crippen LogP contribution in [-0.2, 0) is 24.1 Å². The van der Waals surface area contributed by atoms with E-state index in [1.54, 1.807) is 36.5 Å². The van der Waals surface area contributed by atoms with Crippen molar-refractivity contribution in [2.45, 2.75) is 19.3 Å². The van der Waals surface area contributed by atoms with Crippen molar-refractivity contribution in [3.8, 4) is 27.5 Å². The molecule has 1 aromatic carbocycles. The molecule has 0 bridgehead atoms. The quantitative estimate of drug-likeness (QED) is 0.323. The summed E-state index contributed by atoms with van der Waals surface area (Å²) in [6.45, 7) is 0. The lowest BCUT2D eigenvalue weighted by atomic mass is 9.95. The molecule has 8 nitrogen and oxygen atoms in total. The average Bonchev–Trinajstić information content (AvgIpc) is 3.67. The fourth-order valence-electron chi connectivity index (χ4n) is 4.58. The van der Waals surface area contributed by atoms with Crippen molar-refractivity contribution in [3.63, 3.8) is 0 Å². The van der Waals surface area contributed by atoms with Crippen molar-refractivity contribution in [2.24, 2.45) is 0 Å². The van der Waals surface area contributed by atoms with Gasteiger partial charge < -0.3 is 10.2 Å². The van der Waals surface area contributed by atoms with Crippen LogP contribution in [0.15, 0.2) is 66.3 Å². The Morgan fingerprint density at radius 2 is 1.92 bits per heavy atom. The molecule has 5 aromatic rings. The molecule has 38 heavy (non-hydrogen) atoms. The molecule has 0 unspecified atom stereocenters. The van der Waals surface area contributed by atoms with Gasteiger partial charge in [0, 0.05) is 48.1 Å². The minimum absolute atomic E-state index is 0.0530. The predicted molar refractivity (Wildman–Crippen MR) is 150 cm³/mol. The van der Waals surface area contributed by atoms with E-state index >= 15 is 0 Å². The summed E-state index contributed by atoms with van der Waals surface area (Å²) in [5, 5.41) is 10.6. The Bertz CT molecular complexity index is 1620. The van der Waals surface area contributed by atoms with Crippen LogP contribution in [0.4, 0.5) is 5.13 Å². The molecule has 0 spiro atoms. The molecule has 4 heterocycles. The van der Waals surface area contributed by atoms with Gasteiger partial charge in [0.05, 0.1) is 34.1 Å². The largest absolute Gasteiger partial charge is 0.345 e. The van der Waals surface area contributed by atoms with E-state index in [1.165, 1.54) is 11.3 Å². The number of thiophene rings is 1. The third kappa shape index (κ3) is 4.52. The first-order valence-corrected chi connectivity index (χ1v) is 13.8. The number of fused-ring (bicyclic) bond motifs is 3. The number of amides is 2. The van der Waals surface area contributed by atoms with E-state index < -0.39 is 0 Å². The van der Waals surface area contributed by atoms with Gasteiger partial charge in [0.2, 0.25) is 5.91 Å². The number of benzene rings is 1. The molecule has 1 N–H and O–H groups in total. The molecule has 190 valence electrons. The number of aromatic nitrogens is 4. The molecule has 4 aromatic heterocycles. The molecule has 0 saturated heterocycles. The number of carbonyl (C=O) groups excluding carboxylic acids is 2. The van der Waals surface area contributed by atoms with Gasteiger partial charge in [-0.25, -0.2) is 9.67 Å². The van der Waals surface area contributed by atoms with Gasteiger partial charge >= 0.3 is 0 Å². The van der Waals surface area contributed by atoms with Gasteiger partial charge in [-0.15, -0.1) is 11.3 Å². The van der Waals surface area contributed by atoms with Crippen LogP contribution < -0.4 is 5.32 Å². The Morgan fingerprint density at radius 3 is 2.63 bits per heavy atom. The summed E-state index contributed by atoms with van der Waals surface area (Å²) in [5.41, 5.74) is 6.32. The first kappa shape index (κ1) is 24.2. The van der Waals surface area contributed by atoms with Crippen LogP contribution in [-0.4, -0.2) is 50.6 Å². The summed E-state index contributed by atoms with van der Waals surface area (Å²) in [4.78, 5) is 37.7. The highest BCUT2D eigenvalue weighted by molar-refractivity contribution is 7.19. The Labute approximate surface area is 227 Å². The lowest BCUT2D eigenvalue weighted by Gasteiger charge is -2.15. The van der Waals surface area contributed by atoms with Crippen LogP contribution in [0.1, 0.15) is 26.5 Å². The zero-order valence-corrected chi connectivity index (χ0v) is 22.5. The molecule has 0 saturated carbocycles. The SMILES string of the molecule is CN(C)C(=O)c1ccc(-n2nc(-c3cccnc3)c3c2-c2sc(NC(=O)Cc4cccs4)nc2CC3)cc1. The molecular weight excluding hydrogens is 516 g/mol. The lowest BCUT2D eigenvalue weighted by Crippen LogP contribution is -2.21. The molecule has 1 aliphatic rings. The smallest absolute Gasteiger partial charge is 0.253 e. The number of hydrogen-bond donors (Lipinski definition) is 1. The molecule has 0 radical (unpaired) electrons. The second kappa shape index (κ2) is 9.96. The van der Waals surface area contributed by atoms with Gasteiger partial charge in [-0.05, 0) is 60.7 Å². The fourth-order valence-corrected chi connectivity index (χ4v) is 6.37. The number of thiazole rings is 1. The average molecular weight is 541 g/mol. The van der Waals surface area contributed by atoms with E-state index in [0.29, 0.717) is 17.1 Å². The van der Waals surface area contributed by atoms with Gasteiger partial charge in [0.1, 0.15) is 0 Å². The van der Waals surface area contributed by atoms with E-state index in [4.69, 9.17) is 10.1 Å². The minimum Gasteiger partial charge on any atom is -0.345 e. The van der Waals surface area contributed by atoms with Gasteiger partial charge in [-0.1, -0.05) is 17.4 Å². The van der Waals surface area contributed by atoms with E-state index in [1.807, 2.05) is 64.8 Å². The van der Waals surface area contributed by atoms with Crippen molar-refractivity contribution in [1.29, 1.82) is 0 Å². The molecule has 0 atom stereocenters.